The molecule has 0 radical (unpaired) electrons. The van der Waals surface area contributed by atoms with Crippen molar-refractivity contribution in [1.82, 2.24) is 9.80 Å². The first-order valence-electron chi connectivity index (χ1n) is 8.99. The normalized spacial score (nSPS) is 13.4. The minimum absolute atomic E-state index is 0.0709. The second-order valence-corrected chi connectivity index (χ2v) is 7.06. The lowest BCUT2D eigenvalue weighted by Gasteiger charge is -2.23. The third kappa shape index (κ3) is 3.93. The maximum atomic E-state index is 12.1. The number of benzene rings is 1. The Hall–Kier alpha value is -2.14. The van der Waals surface area contributed by atoms with E-state index >= 15 is 0 Å². The molecule has 1 aromatic heterocycles. The average molecular weight is 342 g/mol. The largest absolute Gasteiger partial charge is 0.423 e. The van der Waals surface area contributed by atoms with E-state index in [1.54, 1.807) is 25.1 Å². The third-order valence-electron chi connectivity index (χ3n) is 4.83. The van der Waals surface area contributed by atoms with Gasteiger partial charge in [0.25, 0.3) is 0 Å². The van der Waals surface area contributed by atoms with Crippen molar-refractivity contribution in [2.45, 2.75) is 39.2 Å². The molecule has 0 spiro atoms. The van der Waals surface area contributed by atoms with Crippen LogP contribution in [0.5, 0.6) is 0 Å². The highest BCUT2D eigenvalue weighted by Gasteiger charge is 2.18. The van der Waals surface area contributed by atoms with Crippen LogP contribution in [-0.2, 0) is 24.2 Å². The summed E-state index contributed by atoms with van der Waals surface area (Å²) in [5.41, 5.74) is 3.94. The van der Waals surface area contributed by atoms with Gasteiger partial charge in [0, 0.05) is 32.1 Å². The summed E-state index contributed by atoms with van der Waals surface area (Å²) in [6, 6.07) is 5.78. The fraction of sp³-hybridized carbons (Fsp3) is 0.500. The third-order valence-corrected chi connectivity index (χ3v) is 4.83. The Balaban J connectivity index is 1.95. The van der Waals surface area contributed by atoms with Crippen LogP contribution in [0.15, 0.2) is 27.4 Å². The number of hydrogen-bond acceptors (Lipinski definition) is 4. The Morgan fingerprint density at radius 2 is 1.88 bits per heavy atom. The number of amides is 1. The number of likely N-dealkylation sites (N-methyl/N-ethyl adjacent to an activating group) is 1. The van der Waals surface area contributed by atoms with E-state index < -0.39 is 0 Å². The molecule has 1 aliphatic carbocycles. The van der Waals surface area contributed by atoms with Gasteiger partial charge in [0.1, 0.15) is 5.58 Å². The van der Waals surface area contributed by atoms with E-state index in [1.807, 2.05) is 6.07 Å². The second kappa shape index (κ2) is 7.40. The number of rotatable bonds is 6. The molecule has 1 heterocycles. The van der Waals surface area contributed by atoms with E-state index in [9.17, 15) is 9.59 Å². The van der Waals surface area contributed by atoms with Crippen LogP contribution < -0.4 is 5.63 Å². The Bertz CT molecular complexity index is 839. The van der Waals surface area contributed by atoms with E-state index in [-0.39, 0.29) is 11.5 Å². The first-order valence-corrected chi connectivity index (χ1v) is 8.99. The molecule has 1 aromatic carbocycles. The van der Waals surface area contributed by atoms with E-state index in [2.05, 4.69) is 17.9 Å². The van der Waals surface area contributed by atoms with Gasteiger partial charge in [-0.15, -0.1) is 0 Å². The quantitative estimate of drug-likeness (QED) is 0.757. The van der Waals surface area contributed by atoms with Gasteiger partial charge in [-0.25, -0.2) is 4.79 Å². The molecule has 2 aromatic rings. The first kappa shape index (κ1) is 17.7. The van der Waals surface area contributed by atoms with Crippen LogP contribution in [0.25, 0.3) is 11.0 Å². The minimum atomic E-state index is -0.323. The SMILES string of the molecule is CCCN(CC(=O)N(C)C)Cc1cc(=O)oc2cc3c(cc12)CCC3. The fourth-order valence-corrected chi connectivity index (χ4v) is 3.53. The van der Waals surface area contributed by atoms with Crippen molar-refractivity contribution in [2.24, 2.45) is 0 Å². The van der Waals surface area contributed by atoms with Gasteiger partial charge < -0.3 is 9.32 Å². The summed E-state index contributed by atoms with van der Waals surface area (Å²) in [4.78, 5) is 27.8. The lowest BCUT2D eigenvalue weighted by Crippen LogP contribution is -2.36. The molecule has 3 rings (SSSR count). The van der Waals surface area contributed by atoms with Crippen molar-refractivity contribution in [2.75, 3.05) is 27.2 Å². The molecule has 0 atom stereocenters. The van der Waals surface area contributed by atoms with Crippen LogP contribution in [0.3, 0.4) is 0 Å². The smallest absolute Gasteiger partial charge is 0.336 e. The van der Waals surface area contributed by atoms with Gasteiger partial charge in [0.05, 0.1) is 6.54 Å². The number of fused-ring (bicyclic) bond motifs is 2. The second-order valence-electron chi connectivity index (χ2n) is 7.06. The Labute approximate surface area is 148 Å². The first-order chi connectivity index (χ1) is 12.0. The number of hydrogen-bond donors (Lipinski definition) is 0. The van der Waals surface area contributed by atoms with Crippen molar-refractivity contribution in [3.05, 3.63) is 45.3 Å². The predicted octanol–water partition coefficient (Wildman–Crippen LogP) is 2.58. The van der Waals surface area contributed by atoms with Crippen molar-refractivity contribution in [1.29, 1.82) is 0 Å². The zero-order valence-electron chi connectivity index (χ0n) is 15.3. The highest BCUT2D eigenvalue weighted by atomic mass is 16.4. The molecule has 5 heteroatoms. The van der Waals surface area contributed by atoms with Crippen LogP contribution in [0, 0.1) is 0 Å². The van der Waals surface area contributed by atoms with Crippen molar-refractivity contribution in [3.63, 3.8) is 0 Å². The lowest BCUT2D eigenvalue weighted by atomic mass is 10.0. The summed E-state index contributed by atoms with van der Waals surface area (Å²) < 4.78 is 5.44. The van der Waals surface area contributed by atoms with E-state index in [0.29, 0.717) is 18.7 Å². The molecule has 0 saturated carbocycles. The Morgan fingerprint density at radius 3 is 2.56 bits per heavy atom. The number of aryl methyl sites for hydroxylation is 2. The van der Waals surface area contributed by atoms with Crippen LogP contribution in [-0.4, -0.2) is 42.9 Å². The predicted molar refractivity (Wildman–Crippen MR) is 98.8 cm³/mol. The molecule has 1 amide bonds. The highest BCUT2D eigenvalue weighted by molar-refractivity contribution is 5.82. The van der Waals surface area contributed by atoms with Crippen LogP contribution in [0.2, 0.25) is 0 Å². The fourth-order valence-electron chi connectivity index (χ4n) is 3.53. The van der Waals surface area contributed by atoms with Gasteiger partial charge in [-0.05, 0) is 61.1 Å². The summed E-state index contributed by atoms with van der Waals surface area (Å²) in [6.07, 6.45) is 4.25. The van der Waals surface area contributed by atoms with Gasteiger partial charge in [0.15, 0.2) is 0 Å². The average Bonchev–Trinajstić information content (AvgIpc) is 3.00. The summed E-state index contributed by atoms with van der Waals surface area (Å²) in [5, 5.41) is 0.999. The van der Waals surface area contributed by atoms with Crippen LogP contribution >= 0.6 is 0 Å². The van der Waals surface area contributed by atoms with Crippen LogP contribution in [0.4, 0.5) is 0 Å². The standard InChI is InChI=1S/C20H26N2O3/c1-4-8-22(13-19(23)21(2)3)12-16-11-20(24)25-18-10-15-7-5-6-14(15)9-17(16)18/h9-11H,4-8,12-13H2,1-3H3. The molecular weight excluding hydrogens is 316 g/mol. The van der Waals surface area contributed by atoms with Crippen molar-refractivity contribution >= 4 is 16.9 Å². The van der Waals surface area contributed by atoms with Gasteiger partial charge in [-0.3, -0.25) is 9.69 Å². The summed E-state index contributed by atoms with van der Waals surface area (Å²) in [7, 11) is 3.53. The van der Waals surface area contributed by atoms with Gasteiger partial charge in [-0.1, -0.05) is 6.92 Å². The topological polar surface area (TPSA) is 53.8 Å². The Morgan fingerprint density at radius 1 is 1.16 bits per heavy atom. The molecule has 134 valence electrons. The van der Waals surface area contributed by atoms with Crippen molar-refractivity contribution < 1.29 is 9.21 Å². The zero-order chi connectivity index (χ0) is 18.0. The lowest BCUT2D eigenvalue weighted by molar-refractivity contribution is -0.130. The highest BCUT2D eigenvalue weighted by Crippen LogP contribution is 2.29. The molecule has 5 nitrogen and oxygen atoms in total. The van der Waals surface area contributed by atoms with Crippen LogP contribution in [0.1, 0.15) is 36.5 Å². The number of nitrogens with zero attached hydrogens (tertiary/aromatic N) is 2. The molecule has 1 aliphatic rings. The maximum absolute atomic E-state index is 12.1. The van der Waals surface area contributed by atoms with Gasteiger partial charge in [0.2, 0.25) is 5.91 Å². The van der Waals surface area contributed by atoms with Crippen molar-refractivity contribution in [3.8, 4) is 0 Å². The van der Waals surface area contributed by atoms with E-state index in [1.165, 1.54) is 11.1 Å². The number of carbonyl (C=O) groups excluding carboxylic acids is 1. The molecule has 0 fully saturated rings. The molecule has 0 aliphatic heterocycles. The minimum Gasteiger partial charge on any atom is -0.423 e. The monoisotopic (exact) mass is 342 g/mol. The van der Waals surface area contributed by atoms with E-state index in [0.717, 1.165) is 43.2 Å². The summed E-state index contributed by atoms with van der Waals surface area (Å²) >= 11 is 0. The maximum Gasteiger partial charge on any atom is 0.336 e. The molecule has 25 heavy (non-hydrogen) atoms. The van der Waals surface area contributed by atoms with Gasteiger partial charge in [-0.2, -0.15) is 0 Å². The molecular formula is C20H26N2O3. The number of carbonyl (C=O) groups is 1. The molecule has 0 saturated heterocycles. The zero-order valence-corrected chi connectivity index (χ0v) is 15.3. The molecule has 0 bridgehead atoms. The molecule has 0 unspecified atom stereocenters. The Kier molecular flexibility index (Phi) is 5.23. The van der Waals surface area contributed by atoms with E-state index in [4.69, 9.17) is 4.42 Å². The summed E-state index contributed by atoms with van der Waals surface area (Å²) in [6.45, 7) is 3.84. The van der Waals surface area contributed by atoms with Gasteiger partial charge >= 0.3 is 5.63 Å². The summed E-state index contributed by atoms with van der Waals surface area (Å²) in [5.74, 6) is 0.0709. The molecule has 0 N–H and O–H groups in total.